The van der Waals surface area contributed by atoms with Crippen molar-refractivity contribution < 1.29 is 4.92 Å². The zero-order valence-electron chi connectivity index (χ0n) is 13.3. The largest absolute Gasteiger partial charge is 0.378 e. The minimum Gasteiger partial charge on any atom is -0.378 e. The average molecular weight is 312 g/mol. The van der Waals surface area contributed by atoms with E-state index < -0.39 is 0 Å². The molecule has 6 heteroatoms. The first-order chi connectivity index (χ1) is 11.1. The Bertz CT molecular complexity index is 683. The Morgan fingerprint density at radius 3 is 2.35 bits per heavy atom. The molecule has 1 unspecified atom stereocenters. The summed E-state index contributed by atoms with van der Waals surface area (Å²) in [6.07, 6.45) is 0.0426. The third-order valence-electron chi connectivity index (χ3n) is 4.12. The highest BCUT2D eigenvalue weighted by molar-refractivity contribution is 5.57. The van der Waals surface area contributed by atoms with E-state index in [0.717, 1.165) is 30.0 Å². The monoisotopic (exact) mass is 312 g/mol. The number of hydrogen-bond donors (Lipinski definition) is 1. The van der Waals surface area contributed by atoms with Crippen molar-refractivity contribution in [2.45, 2.75) is 6.17 Å². The van der Waals surface area contributed by atoms with Gasteiger partial charge in [-0.25, -0.2) is 0 Å². The predicted molar refractivity (Wildman–Crippen MR) is 92.0 cm³/mol. The molecule has 120 valence electrons. The molecule has 1 aliphatic rings. The Kier molecular flexibility index (Phi) is 4.16. The van der Waals surface area contributed by atoms with Crippen molar-refractivity contribution >= 4 is 17.1 Å². The number of hydrogen-bond acceptors (Lipinski definition) is 5. The van der Waals surface area contributed by atoms with Gasteiger partial charge in [-0.1, -0.05) is 0 Å². The molecule has 23 heavy (non-hydrogen) atoms. The molecule has 0 saturated carbocycles. The van der Waals surface area contributed by atoms with Crippen molar-refractivity contribution in [1.82, 2.24) is 5.32 Å². The Hall–Kier alpha value is -2.60. The summed E-state index contributed by atoms with van der Waals surface area (Å²) in [5.41, 5.74) is 3.45. The van der Waals surface area contributed by atoms with E-state index in [0.29, 0.717) is 0 Å². The maximum Gasteiger partial charge on any atom is 0.269 e. The second kappa shape index (κ2) is 6.26. The Morgan fingerprint density at radius 1 is 1.13 bits per heavy atom. The van der Waals surface area contributed by atoms with E-state index in [1.54, 1.807) is 12.1 Å². The number of nitro groups is 1. The molecule has 1 N–H and O–H groups in total. The minimum absolute atomic E-state index is 0.0426. The van der Waals surface area contributed by atoms with Gasteiger partial charge in [0.25, 0.3) is 5.69 Å². The van der Waals surface area contributed by atoms with Gasteiger partial charge in [-0.15, -0.1) is 0 Å². The number of nitro benzene ring substituents is 1. The van der Waals surface area contributed by atoms with Gasteiger partial charge in [0.15, 0.2) is 0 Å². The van der Waals surface area contributed by atoms with Crippen LogP contribution in [-0.2, 0) is 0 Å². The lowest BCUT2D eigenvalue weighted by molar-refractivity contribution is -0.384. The summed E-state index contributed by atoms with van der Waals surface area (Å²) < 4.78 is 0. The van der Waals surface area contributed by atoms with Crippen molar-refractivity contribution in [2.75, 3.05) is 37.0 Å². The molecule has 1 heterocycles. The zero-order chi connectivity index (χ0) is 16.4. The summed E-state index contributed by atoms with van der Waals surface area (Å²) in [7, 11) is 4.04. The van der Waals surface area contributed by atoms with Gasteiger partial charge in [0.1, 0.15) is 6.17 Å². The highest BCUT2D eigenvalue weighted by atomic mass is 16.6. The van der Waals surface area contributed by atoms with Gasteiger partial charge in [0.05, 0.1) is 4.92 Å². The topological polar surface area (TPSA) is 61.6 Å². The summed E-state index contributed by atoms with van der Waals surface area (Å²) in [5, 5.41) is 14.2. The molecule has 0 aliphatic carbocycles. The highest BCUT2D eigenvalue weighted by Crippen LogP contribution is 2.30. The molecule has 1 atom stereocenters. The molecular weight excluding hydrogens is 292 g/mol. The summed E-state index contributed by atoms with van der Waals surface area (Å²) in [4.78, 5) is 14.8. The summed E-state index contributed by atoms with van der Waals surface area (Å²) in [5.74, 6) is 0. The van der Waals surface area contributed by atoms with Gasteiger partial charge in [-0.2, -0.15) is 0 Å². The normalized spacial score (nSPS) is 17.3. The van der Waals surface area contributed by atoms with Crippen LogP contribution in [0.25, 0.3) is 0 Å². The Labute approximate surface area is 135 Å². The van der Waals surface area contributed by atoms with Crippen LogP contribution in [0.2, 0.25) is 0 Å². The summed E-state index contributed by atoms with van der Waals surface area (Å²) in [6.45, 7) is 1.79. The van der Waals surface area contributed by atoms with Crippen LogP contribution < -0.4 is 15.1 Å². The molecule has 3 rings (SSSR count). The van der Waals surface area contributed by atoms with Crippen LogP contribution in [-0.4, -0.2) is 32.1 Å². The van der Waals surface area contributed by atoms with Crippen molar-refractivity contribution in [3.63, 3.8) is 0 Å². The van der Waals surface area contributed by atoms with E-state index in [4.69, 9.17) is 0 Å². The van der Waals surface area contributed by atoms with E-state index in [1.165, 1.54) is 0 Å². The van der Waals surface area contributed by atoms with Crippen LogP contribution in [0.15, 0.2) is 48.5 Å². The Morgan fingerprint density at radius 2 is 1.78 bits per heavy atom. The van der Waals surface area contributed by atoms with Crippen LogP contribution in [0.4, 0.5) is 17.1 Å². The van der Waals surface area contributed by atoms with Crippen LogP contribution in [0.5, 0.6) is 0 Å². The molecular formula is C17H20N4O2. The molecule has 2 aromatic carbocycles. The molecule has 0 radical (unpaired) electrons. The van der Waals surface area contributed by atoms with Crippen molar-refractivity contribution in [3.05, 3.63) is 64.2 Å². The molecule has 6 nitrogen and oxygen atoms in total. The summed E-state index contributed by atoms with van der Waals surface area (Å²) in [6, 6.07) is 15.2. The summed E-state index contributed by atoms with van der Waals surface area (Å²) >= 11 is 0. The second-order valence-corrected chi connectivity index (χ2v) is 5.81. The third-order valence-corrected chi connectivity index (χ3v) is 4.12. The maximum absolute atomic E-state index is 10.8. The molecule has 0 amide bonds. The fourth-order valence-electron chi connectivity index (χ4n) is 2.86. The van der Waals surface area contributed by atoms with Crippen molar-refractivity contribution in [1.29, 1.82) is 0 Å². The first-order valence-electron chi connectivity index (χ1n) is 7.58. The molecule has 0 bridgehead atoms. The van der Waals surface area contributed by atoms with E-state index in [-0.39, 0.29) is 16.8 Å². The van der Waals surface area contributed by atoms with E-state index in [2.05, 4.69) is 39.4 Å². The first-order valence-corrected chi connectivity index (χ1v) is 7.58. The number of non-ortho nitro benzene ring substituents is 1. The molecule has 0 spiro atoms. The third kappa shape index (κ3) is 3.12. The lowest BCUT2D eigenvalue weighted by Crippen LogP contribution is -2.27. The standard InChI is InChI=1S/C17H20N4O2/c1-19(2)14-7-9-15(10-8-14)20-12-11-18-17(20)13-3-5-16(6-4-13)21(22)23/h3-10,17-18H,11-12H2,1-2H3. The van der Waals surface area contributed by atoms with Crippen LogP contribution in [0, 0.1) is 10.1 Å². The van der Waals surface area contributed by atoms with Crippen LogP contribution >= 0.6 is 0 Å². The maximum atomic E-state index is 10.8. The van der Waals surface area contributed by atoms with E-state index in [9.17, 15) is 10.1 Å². The van der Waals surface area contributed by atoms with Gasteiger partial charge in [0.2, 0.25) is 0 Å². The van der Waals surface area contributed by atoms with Crippen LogP contribution in [0.1, 0.15) is 11.7 Å². The van der Waals surface area contributed by atoms with Gasteiger partial charge < -0.3 is 9.80 Å². The number of nitrogens with zero attached hydrogens (tertiary/aromatic N) is 3. The zero-order valence-corrected chi connectivity index (χ0v) is 13.3. The molecule has 2 aromatic rings. The van der Waals surface area contributed by atoms with Crippen molar-refractivity contribution in [3.8, 4) is 0 Å². The number of rotatable bonds is 4. The quantitative estimate of drug-likeness (QED) is 0.695. The minimum atomic E-state index is -0.371. The Balaban J connectivity index is 1.83. The van der Waals surface area contributed by atoms with E-state index >= 15 is 0 Å². The highest BCUT2D eigenvalue weighted by Gasteiger charge is 2.26. The number of benzene rings is 2. The smallest absolute Gasteiger partial charge is 0.269 e. The SMILES string of the molecule is CN(C)c1ccc(N2CCNC2c2ccc([N+](=O)[O-])cc2)cc1. The predicted octanol–water partition coefficient (Wildman–Crippen LogP) is 2.77. The number of nitrogens with one attached hydrogen (secondary N) is 1. The van der Waals surface area contributed by atoms with Gasteiger partial charge >= 0.3 is 0 Å². The first kappa shape index (κ1) is 15.3. The van der Waals surface area contributed by atoms with Gasteiger partial charge in [-0.3, -0.25) is 15.4 Å². The van der Waals surface area contributed by atoms with E-state index in [1.807, 2.05) is 26.2 Å². The van der Waals surface area contributed by atoms with Crippen LogP contribution in [0.3, 0.4) is 0 Å². The van der Waals surface area contributed by atoms with Gasteiger partial charge in [0, 0.05) is 50.7 Å². The van der Waals surface area contributed by atoms with Crippen molar-refractivity contribution in [2.24, 2.45) is 0 Å². The second-order valence-electron chi connectivity index (χ2n) is 5.81. The number of anilines is 2. The van der Waals surface area contributed by atoms with Gasteiger partial charge in [-0.05, 0) is 42.0 Å². The average Bonchev–Trinajstić information content (AvgIpc) is 3.04. The molecule has 1 fully saturated rings. The molecule has 1 saturated heterocycles. The fourth-order valence-corrected chi connectivity index (χ4v) is 2.86. The molecule has 0 aromatic heterocycles. The lowest BCUT2D eigenvalue weighted by Gasteiger charge is -2.27. The molecule has 1 aliphatic heterocycles. The fraction of sp³-hybridized carbons (Fsp3) is 0.294. The lowest BCUT2D eigenvalue weighted by atomic mass is 10.1.